The molecule has 0 nitrogen and oxygen atoms in total. The number of allylic oxidation sites excluding steroid dienone is 2. The van der Waals surface area contributed by atoms with Gasteiger partial charge in [-0.3, -0.25) is 0 Å². The second-order valence-corrected chi connectivity index (χ2v) is 2.79. The highest BCUT2D eigenvalue weighted by Gasteiger charge is 1.95. The van der Waals surface area contributed by atoms with E-state index in [1.165, 1.54) is 17.1 Å². The molecular formula is C5H8S. The van der Waals surface area contributed by atoms with Crippen LogP contribution in [0.4, 0.5) is 0 Å². The first-order chi connectivity index (χ1) is 2.89. The molecule has 0 aliphatic carbocycles. The van der Waals surface area contributed by atoms with Gasteiger partial charge in [-0.05, 0) is 18.2 Å². The van der Waals surface area contributed by atoms with E-state index in [0.717, 1.165) is 0 Å². The fourth-order valence-corrected chi connectivity index (χ4v) is 1.33. The van der Waals surface area contributed by atoms with Crippen LogP contribution in [0.3, 0.4) is 0 Å². The first kappa shape index (κ1) is 4.25. The Labute approximate surface area is 42.6 Å². The molecule has 6 heavy (non-hydrogen) atoms. The Morgan fingerprint density at radius 2 is 2.67 bits per heavy atom. The van der Waals surface area contributed by atoms with Crippen LogP contribution >= 0.6 is 11.8 Å². The van der Waals surface area contributed by atoms with Gasteiger partial charge in [-0.15, -0.1) is 11.8 Å². The van der Waals surface area contributed by atoms with Crippen molar-refractivity contribution >= 4 is 11.8 Å². The van der Waals surface area contributed by atoms with Gasteiger partial charge < -0.3 is 0 Å². The van der Waals surface area contributed by atoms with Gasteiger partial charge in [0.2, 0.25) is 0 Å². The quantitative estimate of drug-likeness (QED) is 0.449. The van der Waals surface area contributed by atoms with E-state index in [1.807, 2.05) is 11.8 Å². The van der Waals surface area contributed by atoms with Crippen molar-refractivity contribution in [1.82, 2.24) is 0 Å². The Morgan fingerprint density at radius 1 is 1.83 bits per heavy atom. The SMILES string of the molecule is CC1=CCCS1. The van der Waals surface area contributed by atoms with Crippen molar-refractivity contribution in [3.8, 4) is 0 Å². The molecule has 0 saturated heterocycles. The summed E-state index contributed by atoms with van der Waals surface area (Å²) >= 11 is 1.96. The number of hydrogen-bond donors (Lipinski definition) is 0. The predicted molar refractivity (Wildman–Crippen MR) is 30.8 cm³/mol. The largest absolute Gasteiger partial charge is 0.131 e. The highest BCUT2D eigenvalue weighted by atomic mass is 32.2. The maximum atomic E-state index is 2.28. The molecule has 0 aromatic heterocycles. The normalized spacial score (nSPS) is 21.2. The molecule has 0 atom stereocenters. The first-order valence-electron chi connectivity index (χ1n) is 2.19. The van der Waals surface area contributed by atoms with Crippen LogP contribution in [0.25, 0.3) is 0 Å². The Morgan fingerprint density at radius 3 is 2.83 bits per heavy atom. The van der Waals surface area contributed by atoms with Crippen LogP contribution in [0, 0.1) is 0 Å². The van der Waals surface area contributed by atoms with Crippen molar-refractivity contribution in [2.45, 2.75) is 13.3 Å². The third-order valence-electron chi connectivity index (χ3n) is 0.879. The predicted octanol–water partition coefficient (Wildman–Crippen LogP) is 2.03. The monoisotopic (exact) mass is 100 g/mol. The Bertz CT molecular complexity index is 74.0. The lowest BCUT2D eigenvalue weighted by atomic mass is 10.4. The lowest BCUT2D eigenvalue weighted by Crippen LogP contribution is -1.57. The molecular weight excluding hydrogens is 92.1 g/mol. The van der Waals surface area contributed by atoms with E-state index in [4.69, 9.17) is 0 Å². The van der Waals surface area contributed by atoms with E-state index in [-0.39, 0.29) is 0 Å². The van der Waals surface area contributed by atoms with Crippen LogP contribution in [-0.2, 0) is 0 Å². The molecule has 0 N–H and O–H groups in total. The molecule has 34 valence electrons. The highest BCUT2D eigenvalue weighted by molar-refractivity contribution is 8.03. The average Bonchev–Trinajstić information content (AvgIpc) is 1.86. The van der Waals surface area contributed by atoms with Crippen LogP contribution in [0.2, 0.25) is 0 Å². The van der Waals surface area contributed by atoms with Gasteiger partial charge in [0.05, 0.1) is 0 Å². The summed E-state index contributed by atoms with van der Waals surface area (Å²) < 4.78 is 0. The van der Waals surface area contributed by atoms with Gasteiger partial charge in [0, 0.05) is 5.75 Å². The average molecular weight is 100 g/mol. The lowest BCUT2D eigenvalue weighted by molar-refractivity contribution is 1.27. The fraction of sp³-hybridized carbons (Fsp3) is 0.600. The molecule has 1 rings (SSSR count). The second-order valence-electron chi connectivity index (χ2n) is 1.45. The highest BCUT2D eigenvalue weighted by Crippen LogP contribution is 2.22. The summed E-state index contributed by atoms with van der Waals surface area (Å²) in [5.74, 6) is 1.31. The van der Waals surface area contributed by atoms with Gasteiger partial charge in [0.1, 0.15) is 0 Å². The second kappa shape index (κ2) is 1.69. The number of hydrogen-bond acceptors (Lipinski definition) is 1. The van der Waals surface area contributed by atoms with E-state index >= 15 is 0 Å². The molecule has 1 heteroatoms. The van der Waals surface area contributed by atoms with Crippen LogP contribution in [-0.4, -0.2) is 5.75 Å². The van der Waals surface area contributed by atoms with Gasteiger partial charge >= 0.3 is 0 Å². The molecule has 0 bridgehead atoms. The molecule has 0 amide bonds. The molecule has 0 saturated carbocycles. The zero-order valence-electron chi connectivity index (χ0n) is 3.90. The molecule has 0 unspecified atom stereocenters. The van der Waals surface area contributed by atoms with Gasteiger partial charge in [0.15, 0.2) is 0 Å². The van der Waals surface area contributed by atoms with Gasteiger partial charge in [-0.2, -0.15) is 0 Å². The minimum Gasteiger partial charge on any atom is -0.131 e. The first-order valence-corrected chi connectivity index (χ1v) is 3.18. The summed E-state index contributed by atoms with van der Waals surface area (Å²) in [5.41, 5.74) is 0. The topological polar surface area (TPSA) is 0 Å². The molecule has 0 spiro atoms. The molecule has 1 aliphatic rings. The summed E-state index contributed by atoms with van der Waals surface area (Å²) in [6.07, 6.45) is 3.57. The third-order valence-corrected chi connectivity index (χ3v) is 1.94. The van der Waals surface area contributed by atoms with Crippen LogP contribution in [0.15, 0.2) is 11.0 Å². The Hall–Kier alpha value is 0.0900. The summed E-state index contributed by atoms with van der Waals surface area (Å²) in [6.45, 7) is 2.16. The van der Waals surface area contributed by atoms with Gasteiger partial charge in [0.25, 0.3) is 0 Å². The van der Waals surface area contributed by atoms with E-state index in [2.05, 4.69) is 13.0 Å². The van der Waals surface area contributed by atoms with Crippen molar-refractivity contribution < 1.29 is 0 Å². The molecule has 0 aromatic rings. The van der Waals surface area contributed by atoms with E-state index in [1.54, 1.807) is 0 Å². The maximum absolute atomic E-state index is 2.28. The minimum absolute atomic E-state index is 1.29. The maximum Gasteiger partial charge on any atom is 0.00116 e. The zero-order chi connectivity index (χ0) is 4.41. The summed E-state index contributed by atoms with van der Waals surface area (Å²) in [7, 11) is 0. The third kappa shape index (κ3) is 0.777. The van der Waals surface area contributed by atoms with E-state index in [9.17, 15) is 0 Å². The minimum atomic E-state index is 1.29. The van der Waals surface area contributed by atoms with Crippen LogP contribution in [0.5, 0.6) is 0 Å². The summed E-state index contributed by atoms with van der Waals surface area (Å²) in [6, 6.07) is 0. The smallest absolute Gasteiger partial charge is 0.00116 e. The van der Waals surface area contributed by atoms with Crippen LogP contribution < -0.4 is 0 Å². The molecule has 0 fully saturated rings. The molecule has 1 aliphatic heterocycles. The van der Waals surface area contributed by atoms with Crippen molar-refractivity contribution in [2.24, 2.45) is 0 Å². The fourth-order valence-electron chi connectivity index (χ4n) is 0.541. The molecule has 0 aromatic carbocycles. The summed E-state index contributed by atoms with van der Waals surface area (Å²) in [4.78, 5) is 1.50. The van der Waals surface area contributed by atoms with E-state index < -0.39 is 0 Å². The number of thioether (sulfide) groups is 1. The molecule has 0 radical (unpaired) electrons. The van der Waals surface area contributed by atoms with Crippen LogP contribution in [0.1, 0.15) is 13.3 Å². The Kier molecular flexibility index (Phi) is 1.20. The van der Waals surface area contributed by atoms with Crippen molar-refractivity contribution in [3.63, 3.8) is 0 Å². The molecule has 1 heterocycles. The van der Waals surface area contributed by atoms with Gasteiger partial charge in [-0.1, -0.05) is 6.08 Å². The Balaban J connectivity index is 2.45. The lowest BCUT2D eigenvalue weighted by Gasteiger charge is -1.80. The van der Waals surface area contributed by atoms with Crippen molar-refractivity contribution in [1.29, 1.82) is 0 Å². The van der Waals surface area contributed by atoms with E-state index in [0.29, 0.717) is 0 Å². The standard InChI is InChI=1S/C5H8S/c1-5-3-2-4-6-5/h3H,2,4H2,1H3. The number of rotatable bonds is 0. The van der Waals surface area contributed by atoms with Crippen molar-refractivity contribution in [2.75, 3.05) is 5.75 Å². The van der Waals surface area contributed by atoms with Gasteiger partial charge in [-0.25, -0.2) is 0 Å². The summed E-state index contributed by atoms with van der Waals surface area (Å²) in [5, 5.41) is 0. The van der Waals surface area contributed by atoms with Crippen molar-refractivity contribution in [3.05, 3.63) is 11.0 Å². The zero-order valence-corrected chi connectivity index (χ0v) is 4.72.